The van der Waals surface area contributed by atoms with Gasteiger partial charge in [-0.3, -0.25) is 0 Å². The smallest absolute Gasteiger partial charge is 1.00 e. The van der Waals surface area contributed by atoms with Crippen molar-refractivity contribution in [1.29, 1.82) is 0 Å². The van der Waals surface area contributed by atoms with Gasteiger partial charge in [0.05, 0.1) is 0 Å². The number of fused-ring (bicyclic) bond motifs is 5. The molecule has 0 nitrogen and oxygen atoms in total. The number of hydrogen-bond donors (Lipinski definition) is 0. The molecule has 0 fully saturated rings. The van der Waals surface area contributed by atoms with E-state index in [2.05, 4.69) is 208 Å². The van der Waals surface area contributed by atoms with E-state index < -0.39 is 21.3 Å². The molecule has 0 saturated carbocycles. The average Bonchev–Trinajstić information content (AvgIpc) is 3.75. The average molecular weight is 943 g/mol. The van der Waals surface area contributed by atoms with E-state index in [9.17, 15) is 0 Å². The van der Waals surface area contributed by atoms with Crippen LogP contribution in [0.1, 0.15) is 189 Å². The molecule has 8 rings (SSSR count). The topological polar surface area (TPSA) is 0 Å². The van der Waals surface area contributed by atoms with Gasteiger partial charge in [0.2, 0.25) is 0 Å². The van der Waals surface area contributed by atoms with Gasteiger partial charge in [0, 0.05) is 0 Å². The molecule has 0 N–H and O–H groups in total. The van der Waals surface area contributed by atoms with Crippen molar-refractivity contribution in [2.75, 3.05) is 0 Å². The summed E-state index contributed by atoms with van der Waals surface area (Å²) in [5, 5.41) is 0. The van der Waals surface area contributed by atoms with Crippen molar-refractivity contribution in [3.63, 3.8) is 0 Å². The Morgan fingerprint density at radius 1 is 0.581 bits per heavy atom. The third-order valence-electron chi connectivity index (χ3n) is 14.8. The SMILES string of the molecule is CCC1C=C(C(C)(C)C)C=[C]1[Zr+2](=[C](c1ccc(C(C)(C)C)cc1)c1ccc(C(C)(C)C)cc1)[CH]1c2cc3c(cc2-c2cc4c(cc21)C(C)(C)CC=C4C)C(C)=CCC3(C)C.[Cl-].[Cl-]. The van der Waals surface area contributed by atoms with Gasteiger partial charge >= 0.3 is 375 Å². The van der Waals surface area contributed by atoms with Crippen LogP contribution in [0.15, 0.2) is 106 Å². The van der Waals surface area contributed by atoms with Crippen molar-refractivity contribution >= 4 is 14.4 Å². The Kier molecular flexibility index (Phi) is 13.2. The van der Waals surface area contributed by atoms with Crippen molar-refractivity contribution < 1.29 is 46.1 Å². The predicted octanol–water partition coefficient (Wildman–Crippen LogP) is 10.3. The molecule has 0 saturated heterocycles. The van der Waals surface area contributed by atoms with Crippen LogP contribution >= 0.6 is 0 Å². The molecule has 0 amide bonds. The van der Waals surface area contributed by atoms with Gasteiger partial charge in [-0.1, -0.05) is 0 Å². The second-order valence-corrected chi connectivity index (χ2v) is 29.4. The molecule has 4 aliphatic rings. The summed E-state index contributed by atoms with van der Waals surface area (Å²) in [7, 11) is 0. The van der Waals surface area contributed by atoms with Gasteiger partial charge in [0.25, 0.3) is 0 Å². The van der Waals surface area contributed by atoms with E-state index in [-0.39, 0.29) is 51.9 Å². The fourth-order valence-electron chi connectivity index (χ4n) is 10.6. The number of hydrogen-bond acceptors (Lipinski definition) is 0. The van der Waals surface area contributed by atoms with Gasteiger partial charge in [0.1, 0.15) is 0 Å². The normalized spacial score (nSPS) is 18.6. The van der Waals surface area contributed by atoms with Crippen LogP contribution in [0.25, 0.3) is 22.3 Å². The molecule has 0 aromatic heterocycles. The maximum absolute atomic E-state index is 3.13. The van der Waals surface area contributed by atoms with E-state index >= 15 is 0 Å². The first-order chi connectivity index (χ1) is 27.9. The van der Waals surface area contributed by atoms with E-state index in [1.54, 1.807) is 17.6 Å². The van der Waals surface area contributed by atoms with Crippen LogP contribution in [0.5, 0.6) is 0 Å². The van der Waals surface area contributed by atoms with Gasteiger partial charge < -0.3 is 24.8 Å². The minimum absolute atomic E-state index is 0. The quantitative estimate of drug-likeness (QED) is 0.187. The Morgan fingerprint density at radius 2 is 0.984 bits per heavy atom. The molecule has 0 spiro atoms. The van der Waals surface area contributed by atoms with Crippen molar-refractivity contribution in [2.24, 2.45) is 11.3 Å². The van der Waals surface area contributed by atoms with Crippen LogP contribution in [0.4, 0.5) is 0 Å². The zero-order valence-corrected chi connectivity index (χ0v) is 44.7. The summed E-state index contributed by atoms with van der Waals surface area (Å²) in [5.41, 5.74) is 22.6. The molecule has 4 aromatic carbocycles. The standard InChI is InChI=1S/C27H29.C21H26.C11H17.2ClH.Zr/c1-16-7-9-26(3,4)24-12-18-11-19-13-25-21(17(2)8-10-27(25,5)6)15-23(19)22(18)14-20(16)24;1-20(2,3)18-11-7-16(8-12-18)15-17-9-13-19(14-10-17)21(4,5)6;1-5-9-6-7-10(8-9)11(2,3)4;;;/h7-8,11-15H,9-10H2,1-6H3;7-14H,1-6H3;7-9H,5H2,1-4H3;2*1H;/q;;;;;+2/p-2. The third-order valence-corrected chi connectivity index (χ3v) is 23.3. The summed E-state index contributed by atoms with van der Waals surface area (Å²) in [6, 6.07) is 30.6. The van der Waals surface area contributed by atoms with Gasteiger partial charge in [-0.25, -0.2) is 0 Å². The molecular formula is C59H72Cl2Zr. The molecule has 0 bridgehead atoms. The fraction of sp³-hybridized carbons (Fsp3) is 0.441. The Hall–Kier alpha value is -2.83. The van der Waals surface area contributed by atoms with Crippen LogP contribution in [0.3, 0.4) is 0 Å². The molecule has 3 heteroatoms. The van der Waals surface area contributed by atoms with Crippen molar-refractivity contribution in [1.82, 2.24) is 0 Å². The van der Waals surface area contributed by atoms with Crippen LogP contribution in [-0.2, 0) is 42.9 Å². The Balaban J connectivity index is 0.00000321. The minimum Gasteiger partial charge on any atom is -1.00 e. The van der Waals surface area contributed by atoms with E-state index in [4.69, 9.17) is 0 Å². The number of rotatable bonds is 5. The molecule has 0 radical (unpaired) electrons. The molecule has 1 unspecified atom stereocenters. The monoisotopic (exact) mass is 940 g/mol. The van der Waals surface area contributed by atoms with E-state index in [0.717, 1.165) is 19.3 Å². The molecule has 1 atom stereocenters. The fourth-order valence-corrected chi connectivity index (χ4v) is 20.3. The first kappa shape index (κ1) is 48.6. The van der Waals surface area contributed by atoms with Gasteiger partial charge in [0.15, 0.2) is 0 Å². The van der Waals surface area contributed by atoms with E-state index in [0.29, 0.717) is 9.54 Å². The first-order valence-electron chi connectivity index (χ1n) is 23.0. The zero-order valence-electron chi connectivity index (χ0n) is 40.8. The van der Waals surface area contributed by atoms with Crippen molar-refractivity contribution in [3.05, 3.63) is 162 Å². The maximum atomic E-state index is 2.75. The maximum Gasteiger partial charge on any atom is -1.00 e. The Labute approximate surface area is 396 Å². The van der Waals surface area contributed by atoms with Gasteiger partial charge in [-0.15, -0.1) is 0 Å². The molecule has 326 valence electrons. The Morgan fingerprint density at radius 3 is 1.34 bits per heavy atom. The first-order valence-corrected chi connectivity index (χ1v) is 26.9. The molecule has 4 aliphatic carbocycles. The summed E-state index contributed by atoms with van der Waals surface area (Å²) >= 11 is -3.13. The third kappa shape index (κ3) is 8.56. The van der Waals surface area contributed by atoms with Gasteiger partial charge in [-0.05, 0) is 0 Å². The van der Waals surface area contributed by atoms with Crippen LogP contribution < -0.4 is 24.8 Å². The summed E-state index contributed by atoms with van der Waals surface area (Å²) < 4.78 is 3.76. The molecule has 4 aromatic rings. The number of halogens is 2. The second kappa shape index (κ2) is 16.9. The van der Waals surface area contributed by atoms with Crippen LogP contribution in [0, 0.1) is 11.3 Å². The number of allylic oxidation sites excluding steroid dienone is 8. The second-order valence-electron chi connectivity index (χ2n) is 23.3. The zero-order chi connectivity index (χ0) is 43.5. The Bertz CT molecular complexity index is 2410. The predicted molar refractivity (Wildman–Crippen MR) is 259 cm³/mol. The van der Waals surface area contributed by atoms with Crippen LogP contribution in [0.2, 0.25) is 0 Å². The summed E-state index contributed by atoms with van der Waals surface area (Å²) in [6.07, 6.45) is 13.7. The minimum atomic E-state index is -3.13. The molecule has 62 heavy (non-hydrogen) atoms. The van der Waals surface area contributed by atoms with E-state index in [1.807, 2.05) is 0 Å². The molecular weight excluding hydrogens is 871 g/mol. The van der Waals surface area contributed by atoms with E-state index in [1.165, 1.54) is 72.4 Å². The molecule has 0 aliphatic heterocycles. The summed E-state index contributed by atoms with van der Waals surface area (Å²) in [6.45, 7) is 38.4. The van der Waals surface area contributed by atoms with Crippen LogP contribution in [-0.4, -0.2) is 3.21 Å². The summed E-state index contributed by atoms with van der Waals surface area (Å²) in [4.78, 5) is 0. The number of benzene rings is 4. The largest absolute Gasteiger partial charge is 1.00 e. The molecule has 0 heterocycles. The summed E-state index contributed by atoms with van der Waals surface area (Å²) in [5.74, 6) is 0.442. The van der Waals surface area contributed by atoms with Crippen molar-refractivity contribution in [2.45, 2.75) is 155 Å². The van der Waals surface area contributed by atoms with Crippen molar-refractivity contribution in [3.8, 4) is 11.1 Å². The van der Waals surface area contributed by atoms with Gasteiger partial charge in [-0.2, -0.15) is 0 Å².